The molecular formula is C12H16Cl2N2O. The Kier molecular flexibility index (Phi) is 4.13. The minimum absolute atomic E-state index is 0.00928. The molecule has 1 fully saturated rings. The molecule has 2 N–H and O–H groups in total. The van der Waals surface area contributed by atoms with Crippen LogP contribution in [0.1, 0.15) is 25.7 Å². The second-order valence-electron chi connectivity index (χ2n) is 4.70. The van der Waals surface area contributed by atoms with Crippen LogP contribution in [0, 0.1) is 5.41 Å². The SMILES string of the molecule is OCC1(CNc2ncc(Cl)cc2Cl)CCCC1. The van der Waals surface area contributed by atoms with Crippen molar-refractivity contribution >= 4 is 29.0 Å². The molecule has 0 atom stereocenters. The maximum atomic E-state index is 9.49. The van der Waals surface area contributed by atoms with E-state index in [0.29, 0.717) is 22.4 Å². The van der Waals surface area contributed by atoms with Crippen molar-refractivity contribution < 1.29 is 5.11 Å². The maximum absolute atomic E-state index is 9.49. The first-order chi connectivity index (χ1) is 8.15. The third kappa shape index (κ3) is 3.03. The highest BCUT2D eigenvalue weighted by atomic mass is 35.5. The summed E-state index contributed by atoms with van der Waals surface area (Å²) in [4.78, 5) is 4.15. The van der Waals surface area contributed by atoms with Gasteiger partial charge in [0.2, 0.25) is 0 Å². The maximum Gasteiger partial charge on any atom is 0.144 e. The van der Waals surface area contributed by atoms with Crippen LogP contribution in [0.3, 0.4) is 0 Å². The number of aliphatic hydroxyl groups is 1. The molecular weight excluding hydrogens is 259 g/mol. The topological polar surface area (TPSA) is 45.1 Å². The molecule has 0 radical (unpaired) electrons. The molecule has 2 rings (SSSR count). The first-order valence-corrected chi connectivity index (χ1v) is 6.57. The lowest BCUT2D eigenvalue weighted by molar-refractivity contribution is 0.142. The van der Waals surface area contributed by atoms with Gasteiger partial charge in [-0.1, -0.05) is 36.0 Å². The highest BCUT2D eigenvalue weighted by Crippen LogP contribution is 2.38. The van der Waals surface area contributed by atoms with Gasteiger partial charge in [-0.05, 0) is 18.9 Å². The van der Waals surface area contributed by atoms with E-state index in [4.69, 9.17) is 23.2 Å². The zero-order valence-corrected chi connectivity index (χ0v) is 11.1. The standard InChI is InChI=1S/C12H16Cl2N2O/c13-9-5-10(14)11(15-6-9)16-7-12(8-17)3-1-2-4-12/h5-6,17H,1-4,7-8H2,(H,15,16). The van der Waals surface area contributed by atoms with Gasteiger partial charge < -0.3 is 10.4 Å². The monoisotopic (exact) mass is 274 g/mol. The largest absolute Gasteiger partial charge is 0.396 e. The molecule has 0 amide bonds. The molecule has 1 aliphatic rings. The number of hydrogen-bond acceptors (Lipinski definition) is 3. The minimum Gasteiger partial charge on any atom is -0.396 e. The average molecular weight is 275 g/mol. The van der Waals surface area contributed by atoms with Crippen molar-refractivity contribution in [3.05, 3.63) is 22.3 Å². The van der Waals surface area contributed by atoms with E-state index >= 15 is 0 Å². The zero-order valence-electron chi connectivity index (χ0n) is 9.55. The molecule has 1 aromatic rings. The van der Waals surface area contributed by atoms with E-state index in [-0.39, 0.29) is 12.0 Å². The highest BCUT2D eigenvalue weighted by Gasteiger charge is 2.33. The van der Waals surface area contributed by atoms with Crippen LogP contribution >= 0.6 is 23.2 Å². The molecule has 1 aliphatic carbocycles. The van der Waals surface area contributed by atoms with Crippen LogP contribution in [0.25, 0.3) is 0 Å². The number of aromatic nitrogens is 1. The second kappa shape index (κ2) is 5.42. The molecule has 1 saturated carbocycles. The van der Waals surface area contributed by atoms with Crippen LogP contribution in [0.15, 0.2) is 12.3 Å². The van der Waals surface area contributed by atoms with Crippen molar-refractivity contribution in [2.45, 2.75) is 25.7 Å². The quantitative estimate of drug-likeness (QED) is 0.885. The van der Waals surface area contributed by atoms with E-state index in [1.165, 1.54) is 12.8 Å². The van der Waals surface area contributed by atoms with Crippen molar-refractivity contribution in [1.82, 2.24) is 4.98 Å². The van der Waals surface area contributed by atoms with Crippen LogP contribution in [-0.2, 0) is 0 Å². The van der Waals surface area contributed by atoms with Crippen molar-refractivity contribution in [2.24, 2.45) is 5.41 Å². The fourth-order valence-electron chi connectivity index (χ4n) is 2.33. The zero-order chi connectivity index (χ0) is 12.3. The lowest BCUT2D eigenvalue weighted by atomic mass is 9.87. The Morgan fingerprint density at radius 2 is 2.06 bits per heavy atom. The van der Waals surface area contributed by atoms with Crippen LogP contribution < -0.4 is 5.32 Å². The number of halogens is 2. The number of rotatable bonds is 4. The Labute approximate surface area is 111 Å². The molecule has 0 aliphatic heterocycles. The first-order valence-electron chi connectivity index (χ1n) is 5.81. The average Bonchev–Trinajstić information content (AvgIpc) is 2.77. The van der Waals surface area contributed by atoms with Gasteiger partial charge in [0.15, 0.2) is 0 Å². The lowest BCUT2D eigenvalue weighted by Crippen LogP contribution is -2.30. The smallest absolute Gasteiger partial charge is 0.144 e. The summed E-state index contributed by atoms with van der Waals surface area (Å²) in [7, 11) is 0. The fourth-order valence-corrected chi connectivity index (χ4v) is 2.78. The Hall–Kier alpha value is -0.510. The molecule has 0 saturated heterocycles. The van der Waals surface area contributed by atoms with E-state index in [1.807, 2.05) is 0 Å². The summed E-state index contributed by atoms with van der Waals surface area (Å²) in [5, 5.41) is 13.7. The molecule has 0 bridgehead atoms. The Morgan fingerprint density at radius 3 is 2.65 bits per heavy atom. The van der Waals surface area contributed by atoms with Gasteiger partial charge >= 0.3 is 0 Å². The first kappa shape index (κ1) is 12.9. The molecule has 5 heteroatoms. The van der Waals surface area contributed by atoms with Crippen molar-refractivity contribution in [3.8, 4) is 0 Å². The van der Waals surface area contributed by atoms with Crippen LogP contribution in [0.4, 0.5) is 5.82 Å². The summed E-state index contributed by atoms with van der Waals surface area (Å²) in [6, 6.07) is 1.67. The van der Waals surface area contributed by atoms with Crippen LogP contribution in [0.5, 0.6) is 0 Å². The van der Waals surface area contributed by atoms with Gasteiger partial charge in [0.1, 0.15) is 5.82 Å². The molecule has 3 nitrogen and oxygen atoms in total. The summed E-state index contributed by atoms with van der Waals surface area (Å²) in [5.41, 5.74) is -0.00928. The Balaban J connectivity index is 2.01. The predicted molar refractivity (Wildman–Crippen MR) is 70.7 cm³/mol. The summed E-state index contributed by atoms with van der Waals surface area (Å²) >= 11 is 11.8. The van der Waals surface area contributed by atoms with Gasteiger partial charge in [-0.25, -0.2) is 4.98 Å². The van der Waals surface area contributed by atoms with E-state index in [1.54, 1.807) is 12.3 Å². The minimum atomic E-state index is -0.00928. The predicted octanol–water partition coefficient (Wildman–Crippen LogP) is 3.35. The number of anilines is 1. The number of nitrogens with zero attached hydrogens (tertiary/aromatic N) is 1. The van der Waals surface area contributed by atoms with Crippen LogP contribution in [-0.4, -0.2) is 23.2 Å². The van der Waals surface area contributed by atoms with Gasteiger partial charge in [-0.3, -0.25) is 0 Å². The lowest BCUT2D eigenvalue weighted by Gasteiger charge is -2.27. The van der Waals surface area contributed by atoms with Crippen molar-refractivity contribution in [2.75, 3.05) is 18.5 Å². The molecule has 1 heterocycles. The normalized spacial score (nSPS) is 18.3. The molecule has 94 valence electrons. The molecule has 1 aromatic heterocycles. The molecule has 0 spiro atoms. The van der Waals surface area contributed by atoms with E-state index in [9.17, 15) is 5.11 Å². The molecule has 17 heavy (non-hydrogen) atoms. The second-order valence-corrected chi connectivity index (χ2v) is 5.55. The van der Waals surface area contributed by atoms with E-state index < -0.39 is 0 Å². The van der Waals surface area contributed by atoms with Crippen molar-refractivity contribution in [3.63, 3.8) is 0 Å². The summed E-state index contributed by atoms with van der Waals surface area (Å²) in [6.45, 7) is 0.920. The Morgan fingerprint density at radius 1 is 1.35 bits per heavy atom. The Bertz CT molecular complexity index is 392. The summed E-state index contributed by atoms with van der Waals surface area (Å²) < 4.78 is 0. The number of hydrogen-bond donors (Lipinski definition) is 2. The van der Waals surface area contributed by atoms with E-state index in [0.717, 1.165) is 12.8 Å². The van der Waals surface area contributed by atoms with Gasteiger partial charge in [-0.15, -0.1) is 0 Å². The summed E-state index contributed by atoms with van der Waals surface area (Å²) in [6.07, 6.45) is 6.05. The third-order valence-electron chi connectivity index (χ3n) is 3.44. The van der Waals surface area contributed by atoms with Gasteiger partial charge in [0.25, 0.3) is 0 Å². The van der Waals surface area contributed by atoms with Gasteiger partial charge in [0, 0.05) is 18.2 Å². The highest BCUT2D eigenvalue weighted by molar-refractivity contribution is 6.35. The number of nitrogens with one attached hydrogen (secondary N) is 1. The van der Waals surface area contributed by atoms with Gasteiger partial charge in [-0.2, -0.15) is 0 Å². The fraction of sp³-hybridized carbons (Fsp3) is 0.583. The van der Waals surface area contributed by atoms with Gasteiger partial charge in [0.05, 0.1) is 16.7 Å². The number of pyridine rings is 1. The number of aliphatic hydroxyl groups excluding tert-OH is 1. The summed E-state index contributed by atoms with van der Waals surface area (Å²) in [5.74, 6) is 0.635. The molecule has 0 unspecified atom stereocenters. The molecule has 0 aromatic carbocycles. The third-order valence-corrected chi connectivity index (χ3v) is 3.93. The van der Waals surface area contributed by atoms with Crippen molar-refractivity contribution in [1.29, 1.82) is 0 Å². The van der Waals surface area contributed by atoms with E-state index in [2.05, 4.69) is 10.3 Å². The van der Waals surface area contributed by atoms with Crippen LogP contribution in [0.2, 0.25) is 10.0 Å².